The van der Waals surface area contributed by atoms with E-state index in [2.05, 4.69) is 22.3 Å². The largest absolute Gasteiger partial charge is 0.497 e. The molecule has 1 N–H and O–H groups in total. The van der Waals surface area contributed by atoms with Crippen molar-refractivity contribution in [2.45, 2.75) is 25.8 Å². The molecule has 1 fully saturated rings. The molecular weight excluding hydrogens is 328 g/mol. The maximum Gasteiger partial charge on any atom is 0.238 e. The molecule has 1 atom stereocenters. The molecule has 26 heavy (non-hydrogen) atoms. The van der Waals surface area contributed by atoms with E-state index in [1.54, 1.807) is 31.4 Å². The average Bonchev–Trinajstić information content (AvgIpc) is 3.10. The van der Waals surface area contributed by atoms with Crippen LogP contribution in [0.1, 0.15) is 41.7 Å². The Bertz CT molecular complexity index is 769. The van der Waals surface area contributed by atoms with Crippen LogP contribution in [0.15, 0.2) is 48.5 Å². The van der Waals surface area contributed by atoms with Crippen LogP contribution in [-0.4, -0.2) is 36.8 Å². The van der Waals surface area contributed by atoms with Crippen molar-refractivity contribution >= 4 is 17.4 Å². The Balaban J connectivity index is 1.61. The molecular formula is C21H24N2O3. The van der Waals surface area contributed by atoms with Gasteiger partial charge < -0.3 is 10.1 Å². The Morgan fingerprint density at radius 3 is 2.42 bits per heavy atom. The van der Waals surface area contributed by atoms with Gasteiger partial charge in [-0.15, -0.1) is 0 Å². The molecule has 0 spiro atoms. The highest BCUT2D eigenvalue weighted by atomic mass is 16.5. The molecule has 0 bridgehead atoms. The van der Waals surface area contributed by atoms with Crippen LogP contribution in [-0.2, 0) is 4.79 Å². The van der Waals surface area contributed by atoms with Gasteiger partial charge in [-0.2, -0.15) is 0 Å². The number of methoxy groups -OCH3 is 1. The van der Waals surface area contributed by atoms with Crippen LogP contribution < -0.4 is 10.1 Å². The summed E-state index contributed by atoms with van der Waals surface area (Å²) < 4.78 is 5.21. The van der Waals surface area contributed by atoms with Crippen LogP contribution in [0.2, 0.25) is 0 Å². The highest BCUT2D eigenvalue weighted by Crippen LogP contribution is 2.32. The minimum atomic E-state index is -0.0408. The topological polar surface area (TPSA) is 58.6 Å². The lowest BCUT2D eigenvalue weighted by Gasteiger charge is -2.24. The maximum atomic E-state index is 12.4. The van der Waals surface area contributed by atoms with Crippen molar-refractivity contribution in [2.75, 3.05) is 25.5 Å². The van der Waals surface area contributed by atoms with E-state index in [0.29, 0.717) is 17.8 Å². The first-order valence-electron chi connectivity index (χ1n) is 8.85. The molecule has 136 valence electrons. The second-order valence-electron chi connectivity index (χ2n) is 6.58. The van der Waals surface area contributed by atoms with E-state index in [-0.39, 0.29) is 17.7 Å². The summed E-state index contributed by atoms with van der Waals surface area (Å²) in [4.78, 5) is 26.0. The van der Waals surface area contributed by atoms with Crippen LogP contribution in [0.3, 0.4) is 0 Å². The molecule has 1 aliphatic heterocycles. The molecule has 0 radical (unpaired) electrons. The summed E-state index contributed by atoms with van der Waals surface area (Å²) in [5.41, 5.74) is 2.56. The zero-order valence-corrected chi connectivity index (χ0v) is 15.2. The first-order valence-corrected chi connectivity index (χ1v) is 8.85. The number of nitrogens with zero attached hydrogens (tertiary/aromatic N) is 1. The molecule has 0 aromatic heterocycles. The normalized spacial score (nSPS) is 17.1. The fourth-order valence-electron chi connectivity index (χ4n) is 3.39. The Labute approximate surface area is 154 Å². The molecule has 1 amide bonds. The lowest BCUT2D eigenvalue weighted by molar-refractivity contribution is -0.117. The van der Waals surface area contributed by atoms with E-state index in [4.69, 9.17) is 4.74 Å². The third-order valence-corrected chi connectivity index (χ3v) is 4.79. The lowest BCUT2D eigenvalue weighted by Crippen LogP contribution is -2.32. The first kappa shape index (κ1) is 18.1. The predicted octanol–water partition coefficient (Wildman–Crippen LogP) is 3.67. The second kappa shape index (κ2) is 8.15. The van der Waals surface area contributed by atoms with Gasteiger partial charge in [-0.1, -0.05) is 12.1 Å². The number of rotatable bonds is 6. The Kier molecular flexibility index (Phi) is 5.68. The number of hydrogen-bond acceptors (Lipinski definition) is 4. The number of ether oxygens (including phenoxy) is 1. The van der Waals surface area contributed by atoms with Crippen LogP contribution in [0, 0.1) is 0 Å². The van der Waals surface area contributed by atoms with Crippen molar-refractivity contribution in [3.05, 3.63) is 59.7 Å². The zero-order chi connectivity index (χ0) is 18.5. The van der Waals surface area contributed by atoms with E-state index in [9.17, 15) is 9.59 Å². The monoisotopic (exact) mass is 352 g/mol. The lowest BCUT2D eigenvalue weighted by atomic mass is 10.0. The van der Waals surface area contributed by atoms with Crippen molar-refractivity contribution in [2.24, 2.45) is 0 Å². The van der Waals surface area contributed by atoms with Crippen molar-refractivity contribution < 1.29 is 14.3 Å². The third kappa shape index (κ3) is 4.29. The molecule has 5 nitrogen and oxygen atoms in total. The molecule has 5 heteroatoms. The third-order valence-electron chi connectivity index (χ3n) is 4.79. The molecule has 2 aromatic carbocycles. The van der Waals surface area contributed by atoms with E-state index in [0.717, 1.165) is 25.1 Å². The Morgan fingerprint density at radius 1 is 1.12 bits per heavy atom. The molecule has 1 aliphatic rings. The van der Waals surface area contributed by atoms with Crippen molar-refractivity contribution in [1.29, 1.82) is 0 Å². The number of ketones is 1. The number of Topliss-reactive ketones (excluding diaryl/α,β-unsaturated/α-hetero) is 1. The smallest absolute Gasteiger partial charge is 0.238 e. The van der Waals surface area contributed by atoms with Gasteiger partial charge in [0.2, 0.25) is 5.91 Å². The highest BCUT2D eigenvalue weighted by Gasteiger charge is 2.27. The van der Waals surface area contributed by atoms with Gasteiger partial charge >= 0.3 is 0 Å². The van der Waals surface area contributed by atoms with E-state index in [1.165, 1.54) is 12.5 Å². The number of hydrogen-bond donors (Lipinski definition) is 1. The Hall–Kier alpha value is -2.66. The molecule has 3 rings (SSSR count). The Morgan fingerprint density at radius 2 is 1.81 bits per heavy atom. The van der Waals surface area contributed by atoms with Crippen LogP contribution in [0.4, 0.5) is 5.69 Å². The number of benzene rings is 2. The number of likely N-dealkylation sites (tertiary alicyclic amines) is 1. The van der Waals surface area contributed by atoms with Gasteiger partial charge in [0, 0.05) is 17.3 Å². The number of carbonyl (C=O) groups is 2. The number of nitrogens with one attached hydrogen (secondary N) is 1. The van der Waals surface area contributed by atoms with Gasteiger partial charge in [0.15, 0.2) is 5.78 Å². The van der Waals surface area contributed by atoms with Gasteiger partial charge in [0.05, 0.1) is 13.7 Å². The minimum Gasteiger partial charge on any atom is -0.497 e. The predicted molar refractivity (Wildman–Crippen MR) is 102 cm³/mol. The molecule has 0 aliphatic carbocycles. The molecule has 1 saturated heterocycles. The number of carbonyl (C=O) groups excluding carboxylic acids is 2. The van der Waals surface area contributed by atoms with Crippen LogP contribution >= 0.6 is 0 Å². The summed E-state index contributed by atoms with van der Waals surface area (Å²) in [7, 11) is 1.66. The molecule has 0 unspecified atom stereocenters. The summed E-state index contributed by atoms with van der Waals surface area (Å²) in [5.74, 6) is 0.813. The zero-order valence-electron chi connectivity index (χ0n) is 15.2. The molecule has 1 heterocycles. The van der Waals surface area contributed by atoms with Gasteiger partial charge in [-0.05, 0) is 68.3 Å². The fraction of sp³-hybridized carbons (Fsp3) is 0.333. The summed E-state index contributed by atoms with van der Waals surface area (Å²) >= 11 is 0. The maximum absolute atomic E-state index is 12.4. The quantitative estimate of drug-likeness (QED) is 0.806. The first-order chi connectivity index (χ1) is 12.6. The van der Waals surface area contributed by atoms with E-state index < -0.39 is 0 Å². The van der Waals surface area contributed by atoms with E-state index in [1.807, 2.05) is 12.1 Å². The summed E-state index contributed by atoms with van der Waals surface area (Å²) in [6.07, 6.45) is 2.13. The number of anilines is 1. The highest BCUT2D eigenvalue weighted by molar-refractivity contribution is 5.96. The fourth-order valence-corrected chi connectivity index (χ4v) is 3.39. The summed E-state index contributed by atoms with van der Waals surface area (Å²) in [5, 5.41) is 2.91. The van der Waals surface area contributed by atoms with Crippen molar-refractivity contribution in [3.8, 4) is 5.75 Å². The van der Waals surface area contributed by atoms with Gasteiger partial charge in [0.25, 0.3) is 0 Å². The van der Waals surface area contributed by atoms with Crippen molar-refractivity contribution in [1.82, 2.24) is 4.90 Å². The standard InChI is InChI=1S/C21H24N2O3/c1-15(24)16-5-9-18(10-6-16)22-21(25)14-23-13-3-4-20(23)17-7-11-19(26-2)12-8-17/h5-12,20H,3-4,13-14H2,1-2H3,(H,22,25)/t20-/m1/s1. The second-order valence-corrected chi connectivity index (χ2v) is 6.58. The summed E-state index contributed by atoms with van der Waals surface area (Å²) in [6.45, 7) is 2.79. The van der Waals surface area contributed by atoms with Gasteiger partial charge in [-0.25, -0.2) is 0 Å². The molecule has 0 saturated carbocycles. The van der Waals surface area contributed by atoms with Crippen LogP contribution in [0.25, 0.3) is 0 Å². The number of amides is 1. The minimum absolute atomic E-state index is 0.0160. The summed E-state index contributed by atoms with van der Waals surface area (Å²) in [6, 6.07) is 15.3. The van der Waals surface area contributed by atoms with Crippen LogP contribution in [0.5, 0.6) is 5.75 Å². The van der Waals surface area contributed by atoms with Gasteiger partial charge in [-0.3, -0.25) is 14.5 Å². The van der Waals surface area contributed by atoms with Crippen molar-refractivity contribution in [3.63, 3.8) is 0 Å². The van der Waals surface area contributed by atoms with Gasteiger partial charge in [0.1, 0.15) is 5.75 Å². The SMILES string of the molecule is COc1ccc([C@H]2CCCN2CC(=O)Nc2ccc(C(C)=O)cc2)cc1. The molecule has 2 aromatic rings. The average molecular weight is 352 g/mol. The van der Waals surface area contributed by atoms with E-state index >= 15 is 0 Å².